The van der Waals surface area contributed by atoms with Crippen molar-refractivity contribution in [2.75, 3.05) is 6.54 Å². The van der Waals surface area contributed by atoms with Crippen molar-refractivity contribution >= 4 is 5.91 Å². The van der Waals surface area contributed by atoms with Crippen LogP contribution in [0.1, 0.15) is 36.5 Å². The number of hydrogen-bond donors (Lipinski definition) is 3. The summed E-state index contributed by atoms with van der Waals surface area (Å²) in [5.41, 5.74) is 2.05. The van der Waals surface area contributed by atoms with Gasteiger partial charge in [-0.25, -0.2) is 4.98 Å². The van der Waals surface area contributed by atoms with Crippen molar-refractivity contribution in [2.45, 2.75) is 39.8 Å². The van der Waals surface area contributed by atoms with E-state index >= 15 is 0 Å². The van der Waals surface area contributed by atoms with E-state index in [1.54, 1.807) is 6.92 Å². The average molecular weight is 328 g/mol. The predicted molar refractivity (Wildman–Crippen MR) is 93.6 cm³/mol. The predicted octanol–water partition coefficient (Wildman–Crippen LogP) is 1.53. The van der Waals surface area contributed by atoms with Gasteiger partial charge in [-0.3, -0.25) is 14.9 Å². The van der Waals surface area contributed by atoms with Gasteiger partial charge in [0, 0.05) is 18.3 Å². The summed E-state index contributed by atoms with van der Waals surface area (Å²) < 4.78 is 0. The molecule has 1 aromatic heterocycles. The molecule has 128 valence electrons. The van der Waals surface area contributed by atoms with E-state index < -0.39 is 5.54 Å². The highest BCUT2D eigenvalue weighted by Crippen LogP contribution is 2.14. The highest BCUT2D eigenvalue weighted by atomic mass is 16.2. The number of aromatic nitrogens is 2. The smallest absolute Gasteiger partial charge is 0.251 e. The third-order valence-electron chi connectivity index (χ3n) is 3.72. The third kappa shape index (κ3) is 5.03. The zero-order valence-corrected chi connectivity index (χ0v) is 14.6. The molecule has 0 aliphatic carbocycles. The second kappa shape index (κ2) is 7.40. The number of benzene rings is 1. The van der Waals surface area contributed by atoms with Crippen molar-refractivity contribution in [3.8, 4) is 0 Å². The molecule has 0 atom stereocenters. The number of amides is 1. The zero-order chi connectivity index (χ0) is 17.7. The Morgan fingerprint density at radius 1 is 1.25 bits per heavy atom. The summed E-state index contributed by atoms with van der Waals surface area (Å²) in [5, 5.41) is 6.01. The van der Waals surface area contributed by atoms with Crippen LogP contribution in [0, 0.1) is 13.8 Å². The highest BCUT2D eigenvalue weighted by molar-refractivity contribution is 5.78. The van der Waals surface area contributed by atoms with Gasteiger partial charge >= 0.3 is 0 Å². The molecule has 0 bridgehead atoms. The summed E-state index contributed by atoms with van der Waals surface area (Å²) in [4.78, 5) is 30.7. The lowest BCUT2D eigenvalue weighted by Crippen LogP contribution is -2.45. The molecule has 1 heterocycles. The topological polar surface area (TPSA) is 86.9 Å². The Hall–Kier alpha value is -2.47. The largest absolute Gasteiger partial charge is 0.351 e. The van der Waals surface area contributed by atoms with Crippen LogP contribution in [0.3, 0.4) is 0 Å². The van der Waals surface area contributed by atoms with Crippen molar-refractivity contribution in [1.82, 2.24) is 20.6 Å². The minimum Gasteiger partial charge on any atom is -0.351 e. The summed E-state index contributed by atoms with van der Waals surface area (Å²) in [5.74, 6) is 0.401. The van der Waals surface area contributed by atoms with Crippen LogP contribution in [-0.4, -0.2) is 22.4 Å². The molecule has 1 amide bonds. The fourth-order valence-electron chi connectivity index (χ4n) is 2.35. The molecular weight excluding hydrogens is 304 g/mol. The summed E-state index contributed by atoms with van der Waals surface area (Å²) >= 11 is 0. The van der Waals surface area contributed by atoms with E-state index in [0.717, 1.165) is 11.1 Å². The Labute approximate surface area is 141 Å². The Kier molecular flexibility index (Phi) is 5.51. The van der Waals surface area contributed by atoms with Crippen LogP contribution in [0.15, 0.2) is 35.1 Å². The molecule has 0 spiro atoms. The van der Waals surface area contributed by atoms with Crippen LogP contribution < -0.4 is 16.2 Å². The Bertz CT molecular complexity index is 781. The number of carbonyl (C=O) groups is 1. The molecule has 3 N–H and O–H groups in total. The number of aromatic amines is 1. The first kappa shape index (κ1) is 17.9. The number of carbonyl (C=O) groups excluding carboxylic acids is 1. The molecule has 6 heteroatoms. The molecule has 2 aromatic rings. The Morgan fingerprint density at radius 2 is 2.00 bits per heavy atom. The molecule has 0 unspecified atom stereocenters. The van der Waals surface area contributed by atoms with Crippen molar-refractivity contribution in [2.24, 2.45) is 0 Å². The van der Waals surface area contributed by atoms with Gasteiger partial charge in [0.2, 0.25) is 5.91 Å². The van der Waals surface area contributed by atoms with Crippen molar-refractivity contribution in [3.63, 3.8) is 0 Å². The number of rotatable bonds is 6. The fourth-order valence-corrected chi connectivity index (χ4v) is 2.35. The SMILES string of the molecule is Cc1cccc(CNC(=O)CNC(C)(C)c2nc(C)cc(=O)[nH]2)c1. The van der Waals surface area contributed by atoms with Gasteiger partial charge in [0.25, 0.3) is 5.56 Å². The highest BCUT2D eigenvalue weighted by Gasteiger charge is 2.23. The monoisotopic (exact) mass is 328 g/mol. The van der Waals surface area contributed by atoms with E-state index in [-0.39, 0.29) is 18.0 Å². The number of nitrogens with zero attached hydrogens (tertiary/aromatic N) is 1. The lowest BCUT2D eigenvalue weighted by atomic mass is 10.0. The second-order valence-electron chi connectivity index (χ2n) is 6.48. The van der Waals surface area contributed by atoms with Crippen LogP contribution in [0.2, 0.25) is 0 Å². The normalized spacial score (nSPS) is 11.3. The van der Waals surface area contributed by atoms with Gasteiger partial charge < -0.3 is 10.3 Å². The number of hydrogen-bond acceptors (Lipinski definition) is 4. The summed E-state index contributed by atoms with van der Waals surface area (Å²) in [6, 6.07) is 9.45. The minimum absolute atomic E-state index is 0.111. The lowest BCUT2D eigenvalue weighted by molar-refractivity contribution is -0.120. The first-order valence-corrected chi connectivity index (χ1v) is 7.92. The Morgan fingerprint density at radius 3 is 2.67 bits per heavy atom. The van der Waals surface area contributed by atoms with Crippen molar-refractivity contribution in [3.05, 3.63) is 63.3 Å². The summed E-state index contributed by atoms with van der Waals surface area (Å²) in [7, 11) is 0. The quantitative estimate of drug-likeness (QED) is 0.750. The molecule has 0 radical (unpaired) electrons. The van der Waals surface area contributed by atoms with Gasteiger partial charge in [-0.05, 0) is 33.3 Å². The summed E-state index contributed by atoms with van der Waals surface area (Å²) in [6.07, 6.45) is 0. The van der Waals surface area contributed by atoms with Crippen molar-refractivity contribution < 1.29 is 4.79 Å². The van der Waals surface area contributed by atoms with E-state index in [4.69, 9.17) is 0 Å². The van der Waals surface area contributed by atoms with Gasteiger partial charge in [-0.15, -0.1) is 0 Å². The maximum absolute atomic E-state index is 12.0. The molecule has 24 heavy (non-hydrogen) atoms. The van der Waals surface area contributed by atoms with Crippen LogP contribution >= 0.6 is 0 Å². The van der Waals surface area contributed by atoms with Gasteiger partial charge in [0.15, 0.2) is 0 Å². The Balaban J connectivity index is 1.91. The number of aryl methyl sites for hydroxylation is 2. The van der Waals surface area contributed by atoms with Gasteiger partial charge in [0.1, 0.15) is 5.82 Å². The van der Waals surface area contributed by atoms with E-state index in [9.17, 15) is 9.59 Å². The molecule has 0 saturated heterocycles. The maximum Gasteiger partial charge on any atom is 0.251 e. The van der Waals surface area contributed by atoms with E-state index in [1.165, 1.54) is 6.07 Å². The second-order valence-corrected chi connectivity index (χ2v) is 6.48. The van der Waals surface area contributed by atoms with Crippen LogP contribution in [-0.2, 0) is 16.9 Å². The molecule has 1 aromatic carbocycles. The van der Waals surface area contributed by atoms with Gasteiger partial charge in [0.05, 0.1) is 12.1 Å². The van der Waals surface area contributed by atoms with Crippen LogP contribution in [0.5, 0.6) is 0 Å². The van der Waals surface area contributed by atoms with Gasteiger partial charge in [-0.2, -0.15) is 0 Å². The molecule has 0 fully saturated rings. The standard InChI is InChI=1S/C18H24N4O2/c1-12-6-5-7-14(8-12)10-19-16(24)11-20-18(3,4)17-21-13(2)9-15(23)22-17/h5-9,20H,10-11H2,1-4H3,(H,19,24)(H,21,22,23). The maximum atomic E-state index is 12.0. The molecular formula is C18H24N4O2. The molecule has 0 saturated carbocycles. The van der Waals surface area contributed by atoms with Crippen molar-refractivity contribution in [1.29, 1.82) is 0 Å². The average Bonchev–Trinajstić information content (AvgIpc) is 2.50. The van der Waals surface area contributed by atoms with Crippen LogP contribution in [0.25, 0.3) is 0 Å². The number of H-pyrrole nitrogens is 1. The van der Waals surface area contributed by atoms with Crippen LogP contribution in [0.4, 0.5) is 0 Å². The molecule has 0 aliphatic heterocycles. The van der Waals surface area contributed by atoms with Gasteiger partial charge in [-0.1, -0.05) is 29.8 Å². The van der Waals surface area contributed by atoms with E-state index in [1.807, 2.05) is 45.0 Å². The zero-order valence-electron chi connectivity index (χ0n) is 14.6. The molecule has 2 rings (SSSR count). The fraction of sp³-hybridized carbons (Fsp3) is 0.389. The first-order chi connectivity index (χ1) is 11.3. The third-order valence-corrected chi connectivity index (χ3v) is 3.72. The minimum atomic E-state index is -0.619. The van der Waals surface area contributed by atoms with E-state index in [0.29, 0.717) is 18.1 Å². The molecule has 0 aliphatic rings. The summed E-state index contributed by atoms with van der Waals surface area (Å²) in [6.45, 7) is 8.16. The first-order valence-electron chi connectivity index (χ1n) is 7.92. The van der Waals surface area contributed by atoms with E-state index in [2.05, 4.69) is 20.6 Å². The molecule has 6 nitrogen and oxygen atoms in total. The lowest BCUT2D eigenvalue weighted by Gasteiger charge is -2.25. The number of nitrogens with one attached hydrogen (secondary N) is 3.